The molecule has 1 unspecified atom stereocenters. The molecule has 4 N–H and O–H groups in total. The Balaban J connectivity index is 1.58. The highest BCUT2D eigenvalue weighted by Crippen LogP contribution is 2.54. The van der Waals surface area contributed by atoms with Crippen molar-refractivity contribution in [3.63, 3.8) is 0 Å². The zero-order chi connectivity index (χ0) is 48.1. The van der Waals surface area contributed by atoms with Crippen LogP contribution in [0.5, 0.6) is 0 Å². The Bertz CT molecular complexity index is 3160. The summed E-state index contributed by atoms with van der Waals surface area (Å²) in [5, 5.41) is 9.47. The summed E-state index contributed by atoms with van der Waals surface area (Å²) in [6.07, 6.45) is 6.96. The molecule has 6 rings (SSSR count). The number of allylic oxidation sites excluding steroid dienone is 4. The molecule has 0 spiro atoms. The van der Waals surface area contributed by atoms with Gasteiger partial charge in [0.15, 0.2) is 5.71 Å². The van der Waals surface area contributed by atoms with Crippen LogP contribution in [0.3, 0.4) is 0 Å². The molecule has 65 heavy (non-hydrogen) atoms. The third-order valence-corrected chi connectivity index (χ3v) is 15.5. The Morgan fingerprint density at radius 3 is 1.94 bits per heavy atom. The van der Waals surface area contributed by atoms with Crippen LogP contribution in [0.2, 0.25) is 0 Å². The van der Waals surface area contributed by atoms with Crippen LogP contribution >= 0.6 is 0 Å². The smallest absolute Gasteiger partial charge is 0.303 e. The second kappa shape index (κ2) is 18.2. The summed E-state index contributed by atoms with van der Waals surface area (Å²) < 4.78 is 156. The number of rotatable bonds is 19. The van der Waals surface area contributed by atoms with Gasteiger partial charge in [0, 0.05) is 66.6 Å². The first-order valence-electron chi connectivity index (χ1n) is 20.4. The predicted molar refractivity (Wildman–Crippen MR) is 239 cm³/mol. The van der Waals surface area contributed by atoms with E-state index in [1.54, 1.807) is 18.2 Å². The molecule has 22 heteroatoms. The number of fused-ring (bicyclic) bond motifs is 6. The number of methoxy groups -OCH3 is 1. The van der Waals surface area contributed by atoms with Crippen molar-refractivity contribution >= 4 is 85.1 Å². The summed E-state index contributed by atoms with van der Waals surface area (Å²) >= 11 is 0. The van der Waals surface area contributed by atoms with Gasteiger partial charge in [-0.05, 0) is 111 Å². The Hall–Kier alpha value is -4.62. The van der Waals surface area contributed by atoms with Gasteiger partial charge < -0.3 is 24.0 Å². The van der Waals surface area contributed by atoms with Crippen molar-refractivity contribution in [3.05, 3.63) is 83.6 Å². The van der Waals surface area contributed by atoms with E-state index in [9.17, 15) is 61.8 Å². The molecule has 0 saturated heterocycles. The van der Waals surface area contributed by atoms with E-state index in [1.807, 2.05) is 49.3 Å². The molecule has 0 saturated carbocycles. The van der Waals surface area contributed by atoms with Gasteiger partial charge in [-0.15, -0.1) is 0 Å². The van der Waals surface area contributed by atoms with E-state index < -0.39 is 76.9 Å². The van der Waals surface area contributed by atoms with Gasteiger partial charge in [0.05, 0.1) is 33.3 Å². The Morgan fingerprint density at radius 1 is 0.769 bits per heavy atom. The molecular weight excluding hydrogens is 929 g/mol. The first-order chi connectivity index (χ1) is 30.2. The zero-order valence-corrected chi connectivity index (χ0v) is 39.4. The minimum absolute atomic E-state index is 0.0265. The third kappa shape index (κ3) is 9.78. The number of carboxylic acid groups (broad SMARTS) is 1. The standard InChI is InChI=1S/C43H50N2O16S4/c1-6-44-33-16-14-29-31(23-27(62(48,49)50)25-35(29)64(54,55)56)40(33)42(2,3)37(44)11-10-12-38-43(4,18-20-61-22-21-60-5)41-32-24-28(63(51,52)53)26-36(65(57,58)59)30(32)15-17-34(41)45(38)19-9-7-8-13-39(46)47/h10-12,14-17,23-26H,6-9,13,18-22H2,1-5H3,(H4-,46,47,48,49,50,51,52,53,54,55,56,57,58,59). The second-order valence-corrected chi connectivity index (χ2v) is 22.1. The minimum Gasteiger partial charge on any atom is -0.744 e. The van der Waals surface area contributed by atoms with E-state index >= 15 is 0 Å². The Morgan fingerprint density at radius 2 is 1.37 bits per heavy atom. The summed E-state index contributed by atoms with van der Waals surface area (Å²) in [7, 11) is -18.7. The molecule has 4 aromatic carbocycles. The SMILES string of the molecule is CC[N+]1=C(/C=C/C=C2/N(CCCCCC(=O)O)c3ccc4c(S(=O)(=O)[O-])cc(S(=O)(=O)O)cc4c3C2(C)CCOCCOC)C(C)(C)c2c1ccc1c(S(=O)(=O)O)cc(S(=O)(=O)O)cc21. The highest BCUT2D eigenvalue weighted by Gasteiger charge is 2.47. The van der Waals surface area contributed by atoms with E-state index in [0.29, 0.717) is 78.4 Å². The fraction of sp³-hybridized carbons (Fsp3) is 0.395. The fourth-order valence-electron chi connectivity index (χ4n) is 9.16. The molecule has 2 aliphatic rings. The summed E-state index contributed by atoms with van der Waals surface area (Å²) in [5.74, 6) is -0.949. The topological polar surface area (TPSA) is 282 Å². The van der Waals surface area contributed by atoms with Crippen molar-refractivity contribution in [1.29, 1.82) is 0 Å². The van der Waals surface area contributed by atoms with Gasteiger partial charge >= 0.3 is 5.97 Å². The molecule has 4 aromatic rings. The van der Waals surface area contributed by atoms with Crippen molar-refractivity contribution in [2.24, 2.45) is 0 Å². The fourth-order valence-corrected chi connectivity index (χ4v) is 11.8. The van der Waals surface area contributed by atoms with E-state index in [1.165, 1.54) is 19.2 Å². The molecule has 0 aliphatic carbocycles. The summed E-state index contributed by atoms with van der Waals surface area (Å²) in [4.78, 5) is 10.2. The molecule has 1 atom stereocenters. The zero-order valence-electron chi connectivity index (χ0n) is 36.1. The van der Waals surface area contributed by atoms with E-state index in [2.05, 4.69) is 0 Å². The minimum atomic E-state index is -5.29. The average Bonchev–Trinajstić information content (AvgIpc) is 3.57. The number of carbonyl (C=O) groups is 1. The maximum Gasteiger partial charge on any atom is 0.303 e. The van der Waals surface area contributed by atoms with E-state index in [4.69, 9.17) is 9.47 Å². The van der Waals surface area contributed by atoms with Crippen LogP contribution < -0.4 is 4.90 Å². The second-order valence-electron chi connectivity index (χ2n) is 16.5. The van der Waals surface area contributed by atoms with Crippen molar-refractivity contribution in [1.82, 2.24) is 0 Å². The van der Waals surface area contributed by atoms with Gasteiger partial charge in [0.1, 0.15) is 21.6 Å². The quantitative estimate of drug-likeness (QED) is 0.0480. The lowest BCUT2D eigenvalue weighted by Gasteiger charge is -2.31. The lowest BCUT2D eigenvalue weighted by Crippen LogP contribution is -2.31. The molecule has 0 radical (unpaired) electrons. The number of carboxylic acids is 1. The number of benzene rings is 4. The third-order valence-electron chi connectivity index (χ3n) is 12.1. The molecule has 2 aliphatic heterocycles. The maximum atomic E-state index is 12.7. The molecule has 0 amide bonds. The summed E-state index contributed by atoms with van der Waals surface area (Å²) in [6, 6.07) is 9.74. The Kier molecular flexibility index (Phi) is 14.0. The molecule has 0 bridgehead atoms. The van der Waals surface area contributed by atoms with Gasteiger partial charge in [-0.1, -0.05) is 18.6 Å². The molecule has 352 valence electrons. The van der Waals surface area contributed by atoms with Gasteiger partial charge in [-0.3, -0.25) is 18.5 Å². The van der Waals surface area contributed by atoms with Crippen LogP contribution in [0, 0.1) is 0 Å². The lowest BCUT2D eigenvalue weighted by molar-refractivity contribution is -0.433. The maximum absolute atomic E-state index is 12.7. The number of nitrogens with zero attached hydrogens (tertiary/aromatic N) is 2. The van der Waals surface area contributed by atoms with Crippen LogP contribution in [-0.4, -0.2) is 113 Å². The number of anilines is 1. The highest BCUT2D eigenvalue weighted by molar-refractivity contribution is 7.87. The number of ether oxygens (including phenoxy) is 2. The van der Waals surface area contributed by atoms with Crippen molar-refractivity contribution in [3.8, 4) is 0 Å². The van der Waals surface area contributed by atoms with Gasteiger partial charge in [0.25, 0.3) is 30.4 Å². The van der Waals surface area contributed by atoms with Gasteiger partial charge in [-0.25, -0.2) is 8.42 Å². The van der Waals surface area contributed by atoms with Crippen LogP contribution in [-0.2, 0) is 65.6 Å². The van der Waals surface area contributed by atoms with E-state index in [-0.39, 0.29) is 54.2 Å². The first-order valence-corrected chi connectivity index (χ1v) is 26.1. The summed E-state index contributed by atoms with van der Waals surface area (Å²) in [5.41, 5.74) is 1.31. The monoisotopic (exact) mass is 978 g/mol. The predicted octanol–water partition coefficient (Wildman–Crippen LogP) is 5.95. The van der Waals surface area contributed by atoms with Crippen LogP contribution in [0.15, 0.2) is 92.0 Å². The largest absolute Gasteiger partial charge is 0.744 e. The van der Waals surface area contributed by atoms with Gasteiger partial charge in [0.2, 0.25) is 5.69 Å². The number of hydrogen-bond donors (Lipinski definition) is 4. The molecule has 2 heterocycles. The molecule has 18 nitrogen and oxygen atoms in total. The highest BCUT2D eigenvalue weighted by atomic mass is 32.2. The number of hydrogen-bond acceptors (Lipinski definition) is 13. The normalized spacial score (nSPS) is 18.4. The van der Waals surface area contributed by atoms with Crippen LogP contribution in [0.1, 0.15) is 70.9 Å². The first kappa shape index (κ1) is 49.8. The van der Waals surface area contributed by atoms with Crippen LogP contribution in [0.25, 0.3) is 21.5 Å². The van der Waals surface area contributed by atoms with Crippen LogP contribution in [0.4, 0.5) is 11.4 Å². The molecule has 0 fully saturated rings. The number of aliphatic carboxylic acids is 1. The van der Waals surface area contributed by atoms with Crippen molar-refractivity contribution in [2.45, 2.75) is 90.2 Å². The van der Waals surface area contributed by atoms with Crippen molar-refractivity contribution < 1.29 is 75.8 Å². The molecular formula is C43H50N2O16S4. The molecule has 0 aromatic heterocycles. The Labute approximate surface area is 377 Å². The van der Waals surface area contributed by atoms with Crippen molar-refractivity contribution in [2.75, 3.05) is 44.9 Å². The van der Waals surface area contributed by atoms with E-state index in [0.717, 1.165) is 12.1 Å². The number of unbranched alkanes of at least 4 members (excludes halogenated alkanes) is 2. The average molecular weight is 979 g/mol. The summed E-state index contributed by atoms with van der Waals surface area (Å²) in [6.45, 7) is 8.75. The lowest BCUT2D eigenvalue weighted by atomic mass is 9.76. The van der Waals surface area contributed by atoms with Gasteiger partial charge in [-0.2, -0.15) is 29.8 Å².